The Morgan fingerprint density at radius 2 is 1.95 bits per heavy atom. The molecule has 2 aromatic heterocycles. The van der Waals surface area contributed by atoms with Crippen molar-refractivity contribution in [1.82, 2.24) is 29.7 Å². The molecule has 1 saturated carbocycles. The summed E-state index contributed by atoms with van der Waals surface area (Å²) < 4.78 is 7.46. The molecular weight excluding hydrogens is 504 g/mol. The van der Waals surface area contributed by atoms with Crippen molar-refractivity contribution in [2.24, 2.45) is 5.41 Å². The van der Waals surface area contributed by atoms with E-state index in [1.54, 1.807) is 0 Å². The van der Waals surface area contributed by atoms with Crippen LogP contribution in [0.5, 0.6) is 0 Å². The number of carbonyl (C=O) groups is 1. The lowest BCUT2D eigenvalue weighted by atomic mass is 9.65. The van der Waals surface area contributed by atoms with E-state index in [1.165, 1.54) is 0 Å². The molecule has 0 bridgehead atoms. The maximum Gasteiger partial charge on any atom is 0.278 e. The number of nitrogens with zero attached hydrogens (tertiary/aromatic N) is 6. The number of aliphatic hydroxyl groups excluding tert-OH is 1. The predicted octanol–water partition coefficient (Wildman–Crippen LogP) is 4.36. The number of rotatable bonds is 9. The van der Waals surface area contributed by atoms with E-state index in [4.69, 9.17) is 9.62 Å². The molecule has 3 aromatic rings. The summed E-state index contributed by atoms with van der Waals surface area (Å²) in [5.74, 6) is 0.881. The first-order valence-corrected chi connectivity index (χ1v) is 13.9. The van der Waals surface area contributed by atoms with Gasteiger partial charge >= 0.3 is 0 Å². The molecule has 2 aliphatic rings. The van der Waals surface area contributed by atoms with Gasteiger partial charge in [-0.05, 0) is 63.1 Å². The molecule has 0 radical (unpaired) electrons. The summed E-state index contributed by atoms with van der Waals surface area (Å²) in [5.41, 5.74) is 4.78. The number of aliphatic hydroxyl groups is 1. The highest BCUT2D eigenvalue weighted by Gasteiger charge is 2.37. The van der Waals surface area contributed by atoms with Crippen molar-refractivity contribution in [1.29, 1.82) is 0 Å². The van der Waals surface area contributed by atoms with Gasteiger partial charge in [-0.15, -0.1) is 0 Å². The summed E-state index contributed by atoms with van der Waals surface area (Å²) in [6, 6.07) is 9.69. The van der Waals surface area contributed by atoms with Gasteiger partial charge < -0.3 is 19.4 Å². The van der Waals surface area contributed by atoms with Crippen molar-refractivity contribution < 1.29 is 14.4 Å². The van der Waals surface area contributed by atoms with Gasteiger partial charge in [0.2, 0.25) is 5.82 Å². The first-order chi connectivity index (χ1) is 19.3. The fourth-order valence-corrected chi connectivity index (χ4v) is 5.24. The quantitative estimate of drug-likeness (QED) is 0.401. The zero-order valence-electron chi connectivity index (χ0n) is 23.6. The summed E-state index contributed by atoms with van der Waals surface area (Å²) in [6.45, 7) is 12.0. The van der Waals surface area contributed by atoms with Gasteiger partial charge in [0.25, 0.3) is 11.8 Å². The molecule has 40 heavy (non-hydrogen) atoms. The van der Waals surface area contributed by atoms with Crippen LogP contribution in [0.25, 0.3) is 17.2 Å². The number of carbonyl (C=O) groups excluding carboxylic acids is 1. The third kappa shape index (κ3) is 5.71. The van der Waals surface area contributed by atoms with Crippen molar-refractivity contribution in [3.05, 3.63) is 83.4 Å². The van der Waals surface area contributed by atoms with E-state index in [2.05, 4.69) is 28.7 Å². The summed E-state index contributed by atoms with van der Waals surface area (Å²) in [6.07, 6.45) is 8.83. The third-order valence-corrected chi connectivity index (χ3v) is 8.25. The lowest BCUT2D eigenvalue weighted by molar-refractivity contribution is 0.0664. The molecule has 9 nitrogen and oxygen atoms in total. The van der Waals surface area contributed by atoms with Crippen LogP contribution in [0.15, 0.2) is 65.2 Å². The molecule has 9 heteroatoms. The Labute approximate surface area is 235 Å². The number of hydrogen-bond acceptors (Lipinski definition) is 7. The molecule has 1 aliphatic carbocycles. The maximum absolute atomic E-state index is 13.0. The summed E-state index contributed by atoms with van der Waals surface area (Å²) in [4.78, 5) is 21.8. The van der Waals surface area contributed by atoms with Gasteiger partial charge in [-0.25, -0.2) is 0 Å². The molecular formula is C31H38N6O3. The lowest BCUT2D eigenvalue weighted by Gasteiger charge is -2.41. The second-order valence-corrected chi connectivity index (χ2v) is 10.9. The monoisotopic (exact) mass is 542 g/mol. The van der Waals surface area contributed by atoms with E-state index in [1.807, 2.05) is 72.0 Å². The van der Waals surface area contributed by atoms with E-state index < -0.39 is 0 Å². The smallest absolute Gasteiger partial charge is 0.278 e. The van der Waals surface area contributed by atoms with Crippen LogP contribution in [-0.2, 0) is 6.54 Å². The molecule has 1 aromatic carbocycles. The van der Waals surface area contributed by atoms with Crippen LogP contribution in [0.2, 0.25) is 0 Å². The number of likely N-dealkylation sites (N-methyl/N-ethyl adjacent to an activating group) is 1. The zero-order chi connectivity index (χ0) is 28.3. The fourth-order valence-electron chi connectivity index (χ4n) is 5.24. The van der Waals surface area contributed by atoms with Gasteiger partial charge in [0, 0.05) is 48.4 Å². The number of benzene rings is 1. The summed E-state index contributed by atoms with van der Waals surface area (Å²) >= 11 is 0. The molecule has 1 aliphatic heterocycles. The predicted molar refractivity (Wildman–Crippen MR) is 155 cm³/mol. The van der Waals surface area contributed by atoms with E-state index in [0.717, 1.165) is 67.8 Å². The summed E-state index contributed by atoms with van der Waals surface area (Å²) in [7, 11) is 2.08. The minimum absolute atomic E-state index is 0.0721. The maximum atomic E-state index is 13.0. The van der Waals surface area contributed by atoms with E-state index in [0.29, 0.717) is 29.5 Å². The normalized spacial score (nSPS) is 17.8. The lowest BCUT2D eigenvalue weighted by Crippen LogP contribution is -2.47. The highest BCUT2D eigenvalue weighted by Crippen LogP contribution is 2.46. The second-order valence-electron chi connectivity index (χ2n) is 10.9. The Hall–Kier alpha value is -3.82. The zero-order valence-corrected chi connectivity index (χ0v) is 23.6. The molecule has 3 heterocycles. The van der Waals surface area contributed by atoms with Crippen molar-refractivity contribution >= 4 is 11.5 Å². The average molecular weight is 543 g/mol. The van der Waals surface area contributed by atoms with Crippen LogP contribution < -0.4 is 0 Å². The van der Waals surface area contributed by atoms with Gasteiger partial charge in [0.05, 0.1) is 13.2 Å². The van der Waals surface area contributed by atoms with Crippen LogP contribution in [0.4, 0.5) is 0 Å². The van der Waals surface area contributed by atoms with Gasteiger partial charge in [0.15, 0.2) is 5.69 Å². The van der Waals surface area contributed by atoms with Gasteiger partial charge in [-0.3, -0.25) is 9.48 Å². The minimum atomic E-state index is -0.195. The van der Waals surface area contributed by atoms with Crippen LogP contribution in [-0.4, -0.2) is 80.6 Å². The Balaban J connectivity index is 1.27. The van der Waals surface area contributed by atoms with Crippen molar-refractivity contribution in [2.75, 3.05) is 39.8 Å². The Kier molecular flexibility index (Phi) is 8.14. The molecule has 1 saturated heterocycles. The van der Waals surface area contributed by atoms with E-state index in [-0.39, 0.29) is 17.9 Å². The first-order valence-electron chi connectivity index (χ1n) is 13.9. The molecule has 1 N–H and O–H groups in total. The number of aryl methyl sites for hydroxylation is 1. The second kappa shape index (κ2) is 11.7. The third-order valence-electron chi connectivity index (χ3n) is 8.25. The highest BCUT2D eigenvalue weighted by atomic mass is 16.5. The number of aromatic nitrogens is 4. The minimum Gasteiger partial charge on any atom is -0.395 e. The number of amides is 1. The average Bonchev–Trinajstić information content (AvgIpc) is 3.56. The largest absolute Gasteiger partial charge is 0.395 e. The molecule has 5 rings (SSSR count). The molecule has 0 atom stereocenters. The number of piperazine rings is 1. The number of allylic oxidation sites excluding steroid dienone is 4. The van der Waals surface area contributed by atoms with Crippen molar-refractivity contribution in [2.45, 2.75) is 39.7 Å². The Bertz CT molecular complexity index is 1430. The van der Waals surface area contributed by atoms with Crippen LogP contribution in [0, 0.1) is 12.3 Å². The van der Waals surface area contributed by atoms with Gasteiger partial charge in [-0.2, -0.15) is 10.1 Å². The topological polar surface area (TPSA) is 101 Å². The van der Waals surface area contributed by atoms with E-state index >= 15 is 0 Å². The molecule has 0 unspecified atom stereocenters. The van der Waals surface area contributed by atoms with Crippen LogP contribution >= 0.6 is 0 Å². The Morgan fingerprint density at radius 3 is 2.62 bits per heavy atom. The summed E-state index contributed by atoms with van der Waals surface area (Å²) in [5, 5.41) is 18.7. The first kappa shape index (κ1) is 27.7. The van der Waals surface area contributed by atoms with Crippen LogP contribution in [0.1, 0.15) is 53.6 Å². The van der Waals surface area contributed by atoms with E-state index in [9.17, 15) is 9.90 Å². The standard InChI is InChI=1S/C31H38N6O3/c1-5-25(11-10-22(2)31(21-38)12-7-13-31)28-32-29(40-34-28)27-18-23(3)37(33-27)20-24-8-6-9-26(19-24)30(39)36-16-14-35(4)15-17-36/h5-6,8-11,18-19,38H,2,7,12-17,20-21H2,1,3-4H3. The van der Waals surface area contributed by atoms with Gasteiger partial charge in [-0.1, -0.05) is 48.5 Å². The Morgan fingerprint density at radius 1 is 1.18 bits per heavy atom. The molecule has 2 fully saturated rings. The van der Waals surface area contributed by atoms with Gasteiger partial charge in [0.1, 0.15) is 0 Å². The SMILES string of the molecule is C=C(C=CC(=CC)c1noc(-c2cc(C)n(Cc3cccc(C(=O)N4CCN(C)CC4)c3)n2)n1)C1(CO)CCC1. The number of hydrogen-bond donors (Lipinski definition) is 1. The highest BCUT2D eigenvalue weighted by molar-refractivity contribution is 5.94. The molecule has 0 spiro atoms. The molecule has 1 amide bonds. The van der Waals surface area contributed by atoms with Crippen molar-refractivity contribution in [3.63, 3.8) is 0 Å². The van der Waals surface area contributed by atoms with Crippen LogP contribution in [0.3, 0.4) is 0 Å². The van der Waals surface area contributed by atoms with Crippen molar-refractivity contribution in [3.8, 4) is 11.6 Å². The molecule has 210 valence electrons. The fraction of sp³-hybridized carbons (Fsp3) is 0.419.